The third-order valence-electron chi connectivity index (χ3n) is 1.60. The number of hydrogen-bond acceptors (Lipinski definition) is 3. The van der Waals surface area contributed by atoms with Crippen LogP contribution in [0, 0.1) is 5.41 Å². The largest absolute Gasteiger partial charge is 0.327 e. The molecular weight excluding hydrogens is 187 g/mol. The van der Waals surface area contributed by atoms with Gasteiger partial charge in [0.2, 0.25) is 0 Å². The summed E-state index contributed by atoms with van der Waals surface area (Å²) < 4.78 is 21.5. The zero-order valence-corrected chi connectivity index (χ0v) is 10.4. The van der Waals surface area contributed by atoms with Crippen LogP contribution >= 0.6 is 7.60 Å². The smallest absolute Gasteiger partial charge is 0.312 e. The van der Waals surface area contributed by atoms with E-state index in [4.69, 9.17) is 9.05 Å². The first-order valence-corrected chi connectivity index (χ1v) is 6.47. The Hall–Kier alpha value is 0.150. The first-order chi connectivity index (χ1) is 5.66. The molecule has 0 saturated carbocycles. The van der Waals surface area contributed by atoms with Gasteiger partial charge in [0, 0.05) is 13.8 Å². The van der Waals surface area contributed by atoms with Gasteiger partial charge >= 0.3 is 7.60 Å². The Kier molecular flexibility index (Phi) is 4.64. The molecule has 4 heteroatoms. The first kappa shape index (κ1) is 13.2. The molecule has 0 saturated heterocycles. The summed E-state index contributed by atoms with van der Waals surface area (Å²) in [5.74, 6) is 0. The molecule has 0 aromatic rings. The van der Waals surface area contributed by atoms with Crippen LogP contribution in [0.2, 0.25) is 0 Å². The molecule has 0 heterocycles. The van der Waals surface area contributed by atoms with Gasteiger partial charge in [0.25, 0.3) is 0 Å². The molecule has 13 heavy (non-hydrogen) atoms. The quantitative estimate of drug-likeness (QED) is 0.665. The molecule has 0 aliphatic heterocycles. The van der Waals surface area contributed by atoms with Crippen molar-refractivity contribution in [2.75, 3.05) is 13.8 Å². The highest BCUT2D eigenvalue weighted by molar-refractivity contribution is 7.52. The van der Waals surface area contributed by atoms with Crippen molar-refractivity contribution in [3.05, 3.63) is 0 Å². The molecule has 3 nitrogen and oxygen atoms in total. The number of hydrogen-bond donors (Lipinski definition) is 0. The summed E-state index contributed by atoms with van der Waals surface area (Å²) in [6, 6.07) is 0. The van der Waals surface area contributed by atoms with Gasteiger partial charge < -0.3 is 9.05 Å². The fourth-order valence-corrected chi connectivity index (χ4v) is 2.08. The van der Waals surface area contributed by atoms with Gasteiger partial charge in [-0.2, -0.15) is 0 Å². The van der Waals surface area contributed by atoms with Crippen molar-refractivity contribution in [3.63, 3.8) is 0 Å². The van der Waals surface area contributed by atoms with Gasteiger partial charge in [-0.3, -0.25) is 4.57 Å². The average Bonchev–Trinajstić information content (AvgIpc) is 1.81. The minimum absolute atomic E-state index is 0.0317. The molecule has 0 aromatic carbocycles. The van der Waals surface area contributed by atoms with Gasteiger partial charge in [-0.15, -0.1) is 0 Å². The molecule has 0 fully saturated rings. The standard InChI is InChI=1S/C9H21O3P/c1-8(7-9(2,3)4)12-13(6,10)11-5/h8H,7H2,1-6H3. The molecule has 0 N–H and O–H groups in total. The maximum atomic E-state index is 11.4. The molecule has 0 amide bonds. The Morgan fingerprint density at radius 1 is 1.38 bits per heavy atom. The highest BCUT2D eigenvalue weighted by Crippen LogP contribution is 2.45. The predicted molar refractivity (Wildman–Crippen MR) is 55.2 cm³/mol. The fraction of sp³-hybridized carbons (Fsp3) is 1.00. The predicted octanol–water partition coefficient (Wildman–Crippen LogP) is 3.30. The second-order valence-corrected chi connectivity index (χ2v) is 6.75. The molecule has 0 aliphatic rings. The summed E-state index contributed by atoms with van der Waals surface area (Å²) in [6.07, 6.45) is 0.838. The van der Waals surface area contributed by atoms with Crippen molar-refractivity contribution in [3.8, 4) is 0 Å². The van der Waals surface area contributed by atoms with Crippen LogP contribution in [0.5, 0.6) is 0 Å². The van der Waals surface area contributed by atoms with E-state index in [0.717, 1.165) is 6.42 Å². The summed E-state index contributed by atoms with van der Waals surface area (Å²) >= 11 is 0. The third-order valence-corrected chi connectivity index (χ3v) is 3.01. The average molecular weight is 208 g/mol. The van der Waals surface area contributed by atoms with E-state index in [-0.39, 0.29) is 11.5 Å². The summed E-state index contributed by atoms with van der Waals surface area (Å²) in [5.41, 5.74) is 0.188. The van der Waals surface area contributed by atoms with Crippen LogP contribution in [0.25, 0.3) is 0 Å². The Morgan fingerprint density at radius 3 is 2.15 bits per heavy atom. The molecule has 0 radical (unpaired) electrons. The van der Waals surface area contributed by atoms with Gasteiger partial charge in [0.15, 0.2) is 0 Å². The van der Waals surface area contributed by atoms with Crippen LogP contribution in [0.3, 0.4) is 0 Å². The SMILES string of the molecule is COP(C)(=O)OC(C)CC(C)(C)C. The Morgan fingerprint density at radius 2 is 1.85 bits per heavy atom. The van der Waals surface area contributed by atoms with Crippen molar-refractivity contribution in [1.29, 1.82) is 0 Å². The summed E-state index contributed by atoms with van der Waals surface area (Å²) in [4.78, 5) is 0. The van der Waals surface area contributed by atoms with Crippen molar-refractivity contribution in [2.24, 2.45) is 5.41 Å². The monoisotopic (exact) mass is 208 g/mol. The van der Waals surface area contributed by atoms with Crippen molar-refractivity contribution < 1.29 is 13.6 Å². The second kappa shape index (κ2) is 4.59. The van der Waals surface area contributed by atoms with Gasteiger partial charge in [-0.1, -0.05) is 20.8 Å². The summed E-state index contributed by atoms with van der Waals surface area (Å²) in [6.45, 7) is 9.79. The molecule has 0 bridgehead atoms. The van der Waals surface area contributed by atoms with Crippen LogP contribution in [-0.4, -0.2) is 19.9 Å². The normalized spacial score (nSPS) is 19.5. The second-order valence-electron chi connectivity index (χ2n) is 4.63. The molecular formula is C9H21O3P. The lowest BCUT2D eigenvalue weighted by atomic mass is 9.90. The lowest BCUT2D eigenvalue weighted by Crippen LogP contribution is -2.17. The van der Waals surface area contributed by atoms with Gasteiger partial charge in [0.1, 0.15) is 0 Å². The van der Waals surface area contributed by atoms with E-state index in [1.54, 1.807) is 0 Å². The van der Waals surface area contributed by atoms with Crippen molar-refractivity contribution in [1.82, 2.24) is 0 Å². The molecule has 2 unspecified atom stereocenters. The van der Waals surface area contributed by atoms with E-state index in [9.17, 15) is 4.57 Å². The Bertz CT molecular complexity index is 196. The first-order valence-electron chi connectivity index (χ1n) is 4.48. The van der Waals surface area contributed by atoms with E-state index < -0.39 is 7.60 Å². The molecule has 0 rings (SSSR count). The van der Waals surface area contributed by atoms with E-state index >= 15 is 0 Å². The summed E-state index contributed by atoms with van der Waals surface area (Å²) in [7, 11) is -1.41. The lowest BCUT2D eigenvalue weighted by Gasteiger charge is -2.25. The topological polar surface area (TPSA) is 35.5 Å². The molecule has 2 atom stereocenters. The zero-order chi connectivity index (χ0) is 10.7. The molecule has 0 aliphatic carbocycles. The zero-order valence-electron chi connectivity index (χ0n) is 9.46. The van der Waals surface area contributed by atoms with E-state index in [1.165, 1.54) is 13.8 Å². The number of rotatable bonds is 4. The third kappa shape index (κ3) is 7.24. The molecule has 0 spiro atoms. The van der Waals surface area contributed by atoms with Crippen LogP contribution in [-0.2, 0) is 13.6 Å². The van der Waals surface area contributed by atoms with Crippen LogP contribution in [0.15, 0.2) is 0 Å². The van der Waals surface area contributed by atoms with E-state index in [0.29, 0.717) is 0 Å². The minimum atomic E-state index is -2.82. The summed E-state index contributed by atoms with van der Waals surface area (Å²) in [5, 5.41) is 0. The van der Waals surface area contributed by atoms with Gasteiger partial charge in [-0.25, -0.2) is 0 Å². The highest BCUT2D eigenvalue weighted by atomic mass is 31.2. The lowest BCUT2D eigenvalue weighted by molar-refractivity contribution is 0.136. The maximum absolute atomic E-state index is 11.4. The van der Waals surface area contributed by atoms with Crippen LogP contribution in [0.4, 0.5) is 0 Å². The Labute approximate surface area is 81.3 Å². The molecule has 80 valence electrons. The van der Waals surface area contributed by atoms with E-state index in [2.05, 4.69) is 20.8 Å². The van der Waals surface area contributed by atoms with Crippen molar-refractivity contribution in [2.45, 2.75) is 40.2 Å². The fourth-order valence-electron chi connectivity index (χ4n) is 1.27. The minimum Gasteiger partial charge on any atom is -0.312 e. The van der Waals surface area contributed by atoms with Gasteiger partial charge in [0.05, 0.1) is 6.10 Å². The van der Waals surface area contributed by atoms with Crippen molar-refractivity contribution >= 4 is 7.60 Å². The van der Waals surface area contributed by atoms with E-state index in [1.807, 2.05) is 6.92 Å². The Balaban J connectivity index is 4.02. The maximum Gasteiger partial charge on any atom is 0.327 e. The van der Waals surface area contributed by atoms with Crippen LogP contribution < -0.4 is 0 Å². The van der Waals surface area contributed by atoms with Gasteiger partial charge in [-0.05, 0) is 18.8 Å². The molecule has 0 aromatic heterocycles. The van der Waals surface area contributed by atoms with Crippen LogP contribution in [0.1, 0.15) is 34.1 Å². The highest BCUT2D eigenvalue weighted by Gasteiger charge is 2.22.